The van der Waals surface area contributed by atoms with E-state index in [-0.39, 0.29) is 5.91 Å². The number of hydrogen-bond donors (Lipinski definition) is 2. The summed E-state index contributed by atoms with van der Waals surface area (Å²) in [6, 6.07) is 26.6. The minimum Gasteiger partial charge on any atom is -0.352 e. The summed E-state index contributed by atoms with van der Waals surface area (Å²) in [5, 5.41) is 7.42. The Kier molecular flexibility index (Phi) is 9.28. The van der Waals surface area contributed by atoms with Crippen LogP contribution in [0.4, 0.5) is 11.5 Å². The van der Waals surface area contributed by atoms with Gasteiger partial charge in [0.1, 0.15) is 5.82 Å². The number of amides is 1. The number of unbranched alkanes of at least 4 members (excludes halogenated alkanes) is 1. The zero-order chi connectivity index (χ0) is 26.0. The maximum Gasteiger partial charge on any atom is 0.252 e. The Bertz CT molecular complexity index is 1300. The normalized spacial score (nSPS) is 11.1. The van der Waals surface area contributed by atoms with E-state index in [0.29, 0.717) is 17.9 Å². The number of carbonyl (C=O) groups is 1. The summed E-state index contributed by atoms with van der Waals surface area (Å²) in [6.45, 7) is 9.98. The van der Waals surface area contributed by atoms with Crippen LogP contribution in [0.1, 0.15) is 53.2 Å². The lowest BCUT2D eigenvalue weighted by atomic mass is 10.1. The fraction of sp³-hybridized carbons (Fsp3) is 0.312. The molecule has 4 aromatic rings. The van der Waals surface area contributed by atoms with Crippen LogP contribution in [-0.4, -0.2) is 35.4 Å². The van der Waals surface area contributed by atoms with Crippen LogP contribution >= 0.6 is 0 Å². The first kappa shape index (κ1) is 26.4. The fourth-order valence-corrected chi connectivity index (χ4v) is 4.72. The molecule has 0 aliphatic carbocycles. The molecule has 0 fully saturated rings. The number of aryl methyl sites for hydroxylation is 2. The highest BCUT2D eigenvalue weighted by atomic mass is 16.1. The van der Waals surface area contributed by atoms with E-state index < -0.39 is 0 Å². The van der Waals surface area contributed by atoms with Crippen molar-refractivity contribution in [1.82, 2.24) is 15.2 Å². The lowest BCUT2D eigenvalue weighted by molar-refractivity contribution is 0.0953. The third-order valence-electron chi connectivity index (χ3n) is 6.47. The second-order valence-electron chi connectivity index (χ2n) is 9.80. The maximum atomic E-state index is 13.3. The van der Waals surface area contributed by atoms with Crippen molar-refractivity contribution in [3.05, 3.63) is 101 Å². The van der Waals surface area contributed by atoms with Gasteiger partial charge in [0.05, 0.1) is 11.1 Å². The number of rotatable bonds is 12. The van der Waals surface area contributed by atoms with Gasteiger partial charge in [0.2, 0.25) is 0 Å². The SMILES string of the molecule is CCCCN(CCCNC(=O)c1cc(Nc2cc(C)cc(C)c2)nc2ccccc12)Cc1ccccc1. The Morgan fingerprint density at radius 2 is 1.57 bits per heavy atom. The van der Waals surface area contributed by atoms with Crippen LogP contribution in [0.3, 0.4) is 0 Å². The van der Waals surface area contributed by atoms with Crippen LogP contribution in [0.25, 0.3) is 10.9 Å². The predicted molar refractivity (Wildman–Crippen MR) is 155 cm³/mol. The molecule has 0 aliphatic rings. The summed E-state index contributed by atoms with van der Waals surface area (Å²) in [5.74, 6) is 0.604. The Hall–Kier alpha value is -3.70. The van der Waals surface area contributed by atoms with E-state index in [2.05, 4.69) is 84.8 Å². The van der Waals surface area contributed by atoms with E-state index in [1.54, 1.807) is 0 Å². The van der Waals surface area contributed by atoms with Gasteiger partial charge >= 0.3 is 0 Å². The van der Waals surface area contributed by atoms with Gasteiger partial charge in [-0.25, -0.2) is 4.98 Å². The molecule has 0 spiro atoms. The number of anilines is 2. The summed E-state index contributed by atoms with van der Waals surface area (Å²) < 4.78 is 0. The molecule has 4 rings (SSSR count). The molecule has 0 saturated heterocycles. The number of hydrogen-bond acceptors (Lipinski definition) is 4. The van der Waals surface area contributed by atoms with Crippen molar-refractivity contribution >= 4 is 28.3 Å². The van der Waals surface area contributed by atoms with Crippen molar-refractivity contribution < 1.29 is 4.79 Å². The molecule has 5 nitrogen and oxygen atoms in total. The molecule has 0 aliphatic heterocycles. The first-order chi connectivity index (χ1) is 18.0. The van der Waals surface area contributed by atoms with Crippen LogP contribution in [-0.2, 0) is 6.54 Å². The van der Waals surface area contributed by atoms with Crippen molar-refractivity contribution in [3.8, 4) is 0 Å². The average molecular weight is 495 g/mol. The second kappa shape index (κ2) is 13.0. The van der Waals surface area contributed by atoms with Crippen molar-refractivity contribution in [2.75, 3.05) is 25.0 Å². The quantitative estimate of drug-likeness (QED) is 0.208. The molecule has 0 bridgehead atoms. The number of benzene rings is 3. The smallest absolute Gasteiger partial charge is 0.252 e. The van der Waals surface area contributed by atoms with Crippen molar-refractivity contribution in [2.45, 2.75) is 46.6 Å². The van der Waals surface area contributed by atoms with E-state index in [9.17, 15) is 4.79 Å². The Morgan fingerprint density at radius 3 is 2.32 bits per heavy atom. The third kappa shape index (κ3) is 7.64. The van der Waals surface area contributed by atoms with Crippen LogP contribution in [0, 0.1) is 13.8 Å². The number of fused-ring (bicyclic) bond motifs is 1. The lowest BCUT2D eigenvalue weighted by Crippen LogP contribution is -2.30. The molecule has 0 atom stereocenters. The molecule has 3 aromatic carbocycles. The van der Waals surface area contributed by atoms with Crippen LogP contribution in [0.2, 0.25) is 0 Å². The predicted octanol–water partition coefficient (Wildman–Crippen LogP) is 7.02. The summed E-state index contributed by atoms with van der Waals surface area (Å²) in [4.78, 5) is 20.5. The molecule has 0 radical (unpaired) electrons. The van der Waals surface area contributed by atoms with Gasteiger partial charge in [0, 0.05) is 30.7 Å². The number of nitrogens with one attached hydrogen (secondary N) is 2. The molecule has 1 amide bonds. The molecule has 1 heterocycles. The molecule has 0 unspecified atom stereocenters. The molecule has 37 heavy (non-hydrogen) atoms. The molecule has 0 saturated carbocycles. The summed E-state index contributed by atoms with van der Waals surface area (Å²) in [7, 11) is 0. The minimum atomic E-state index is -0.0646. The highest BCUT2D eigenvalue weighted by molar-refractivity contribution is 6.07. The number of pyridine rings is 1. The van der Waals surface area contributed by atoms with Gasteiger partial charge in [0.15, 0.2) is 0 Å². The van der Waals surface area contributed by atoms with Gasteiger partial charge in [0.25, 0.3) is 5.91 Å². The lowest BCUT2D eigenvalue weighted by Gasteiger charge is -2.22. The van der Waals surface area contributed by atoms with Gasteiger partial charge in [-0.15, -0.1) is 0 Å². The molecule has 2 N–H and O–H groups in total. The van der Waals surface area contributed by atoms with Crippen molar-refractivity contribution in [2.24, 2.45) is 0 Å². The fourth-order valence-electron chi connectivity index (χ4n) is 4.72. The molecule has 5 heteroatoms. The molecular weight excluding hydrogens is 456 g/mol. The van der Waals surface area contributed by atoms with Gasteiger partial charge in [-0.1, -0.05) is 67.9 Å². The monoisotopic (exact) mass is 494 g/mol. The van der Waals surface area contributed by atoms with Gasteiger partial charge in [-0.2, -0.15) is 0 Å². The van der Waals surface area contributed by atoms with E-state index in [0.717, 1.165) is 42.6 Å². The number of carbonyl (C=O) groups excluding carboxylic acids is 1. The van der Waals surface area contributed by atoms with Gasteiger partial charge < -0.3 is 10.6 Å². The first-order valence-corrected chi connectivity index (χ1v) is 13.3. The zero-order valence-electron chi connectivity index (χ0n) is 22.3. The van der Waals surface area contributed by atoms with Crippen molar-refractivity contribution in [1.29, 1.82) is 0 Å². The van der Waals surface area contributed by atoms with Crippen LogP contribution in [0.15, 0.2) is 78.9 Å². The van der Waals surface area contributed by atoms with E-state index in [1.165, 1.54) is 29.5 Å². The summed E-state index contributed by atoms with van der Waals surface area (Å²) >= 11 is 0. The standard InChI is InChI=1S/C32H38N4O/c1-4-5-17-36(23-26-12-7-6-8-13-26)18-11-16-33-32(37)29-22-31(35-30-15-10-9-14-28(29)30)34-27-20-24(2)19-25(3)21-27/h6-10,12-15,19-22H,4-5,11,16-18,23H2,1-3H3,(H,33,37)(H,34,35). The highest BCUT2D eigenvalue weighted by Crippen LogP contribution is 2.24. The topological polar surface area (TPSA) is 57.3 Å². The number of para-hydroxylation sites is 1. The molecular formula is C32H38N4O. The first-order valence-electron chi connectivity index (χ1n) is 13.3. The molecule has 1 aromatic heterocycles. The Balaban J connectivity index is 1.42. The summed E-state index contributed by atoms with van der Waals surface area (Å²) in [6.07, 6.45) is 3.26. The number of aromatic nitrogens is 1. The highest BCUT2D eigenvalue weighted by Gasteiger charge is 2.14. The van der Waals surface area contributed by atoms with Crippen molar-refractivity contribution in [3.63, 3.8) is 0 Å². The Morgan fingerprint density at radius 1 is 0.865 bits per heavy atom. The van der Waals surface area contributed by atoms with E-state index in [1.807, 2.05) is 30.3 Å². The average Bonchev–Trinajstić information content (AvgIpc) is 2.89. The van der Waals surface area contributed by atoms with E-state index >= 15 is 0 Å². The van der Waals surface area contributed by atoms with Gasteiger partial charge in [-0.05, 0) is 74.2 Å². The van der Waals surface area contributed by atoms with E-state index in [4.69, 9.17) is 4.98 Å². The second-order valence-corrected chi connectivity index (χ2v) is 9.80. The Labute approximate surface area is 220 Å². The zero-order valence-corrected chi connectivity index (χ0v) is 22.3. The number of nitrogens with zero attached hydrogens (tertiary/aromatic N) is 2. The van der Waals surface area contributed by atoms with Crippen LogP contribution < -0.4 is 10.6 Å². The largest absolute Gasteiger partial charge is 0.352 e. The van der Waals surface area contributed by atoms with Gasteiger partial charge in [-0.3, -0.25) is 9.69 Å². The summed E-state index contributed by atoms with van der Waals surface area (Å²) in [5.41, 5.74) is 6.11. The maximum absolute atomic E-state index is 13.3. The third-order valence-corrected chi connectivity index (χ3v) is 6.47. The minimum absolute atomic E-state index is 0.0646. The molecule has 192 valence electrons. The van der Waals surface area contributed by atoms with Crippen LogP contribution in [0.5, 0.6) is 0 Å².